The highest BCUT2D eigenvalue weighted by molar-refractivity contribution is 7.99. The SMILES string of the molecule is C=CCn1c(SCC(=O)NC2CCCCCC2)nnc1-c1csc(C)c1-c1ccc(C)cc1. The largest absolute Gasteiger partial charge is 0.353 e. The fourth-order valence-electron chi connectivity index (χ4n) is 4.41. The third-order valence-corrected chi connectivity index (χ3v) is 8.02. The summed E-state index contributed by atoms with van der Waals surface area (Å²) >= 11 is 3.17. The second-order valence-electron chi connectivity index (χ2n) is 8.70. The van der Waals surface area contributed by atoms with Gasteiger partial charge in [0.1, 0.15) is 0 Å². The van der Waals surface area contributed by atoms with Crippen molar-refractivity contribution in [1.29, 1.82) is 0 Å². The van der Waals surface area contributed by atoms with Crippen LogP contribution in [0.3, 0.4) is 0 Å². The van der Waals surface area contributed by atoms with Crippen LogP contribution >= 0.6 is 23.1 Å². The molecular formula is C26H32N4OS2. The molecule has 1 aliphatic rings. The van der Waals surface area contributed by atoms with E-state index in [0.717, 1.165) is 29.4 Å². The zero-order chi connectivity index (χ0) is 23.2. The zero-order valence-corrected chi connectivity index (χ0v) is 21.1. The molecule has 1 N–H and O–H groups in total. The lowest BCUT2D eigenvalue weighted by Gasteiger charge is -2.16. The van der Waals surface area contributed by atoms with Crippen LogP contribution in [0.2, 0.25) is 0 Å². The van der Waals surface area contributed by atoms with Crippen molar-refractivity contribution in [3.63, 3.8) is 0 Å². The number of rotatable bonds is 8. The van der Waals surface area contributed by atoms with Crippen molar-refractivity contribution in [3.05, 3.63) is 52.7 Å². The van der Waals surface area contributed by atoms with Gasteiger partial charge in [0, 0.05) is 34.0 Å². The summed E-state index contributed by atoms with van der Waals surface area (Å²) in [7, 11) is 0. The minimum atomic E-state index is 0.0772. The van der Waals surface area contributed by atoms with Crippen molar-refractivity contribution in [3.8, 4) is 22.5 Å². The molecule has 0 bridgehead atoms. The van der Waals surface area contributed by atoms with Gasteiger partial charge in [-0.05, 0) is 32.3 Å². The number of allylic oxidation sites excluding steroid dienone is 1. The third kappa shape index (κ3) is 5.76. The lowest BCUT2D eigenvalue weighted by Crippen LogP contribution is -2.35. The molecule has 1 saturated carbocycles. The van der Waals surface area contributed by atoms with Crippen molar-refractivity contribution >= 4 is 29.0 Å². The molecule has 0 atom stereocenters. The van der Waals surface area contributed by atoms with Gasteiger partial charge < -0.3 is 5.32 Å². The Morgan fingerprint density at radius 3 is 2.61 bits per heavy atom. The van der Waals surface area contributed by atoms with Crippen LogP contribution in [0.1, 0.15) is 49.0 Å². The first-order chi connectivity index (χ1) is 16.1. The van der Waals surface area contributed by atoms with Crippen LogP contribution in [-0.4, -0.2) is 32.5 Å². The number of hydrogen-bond donors (Lipinski definition) is 1. The molecule has 1 aromatic carbocycles. The number of nitrogens with zero attached hydrogens (tertiary/aromatic N) is 3. The first-order valence-electron chi connectivity index (χ1n) is 11.7. The van der Waals surface area contributed by atoms with Gasteiger partial charge in [-0.3, -0.25) is 9.36 Å². The maximum atomic E-state index is 12.6. The van der Waals surface area contributed by atoms with E-state index in [-0.39, 0.29) is 5.91 Å². The Hall–Kier alpha value is -2.38. The number of thioether (sulfide) groups is 1. The minimum absolute atomic E-state index is 0.0772. The van der Waals surface area contributed by atoms with Crippen LogP contribution in [0.4, 0.5) is 0 Å². The van der Waals surface area contributed by atoms with E-state index >= 15 is 0 Å². The molecule has 1 amide bonds. The molecule has 2 heterocycles. The van der Waals surface area contributed by atoms with E-state index in [1.165, 1.54) is 59.0 Å². The normalized spacial score (nSPS) is 14.7. The molecule has 174 valence electrons. The van der Waals surface area contributed by atoms with Crippen molar-refractivity contribution < 1.29 is 4.79 Å². The number of carbonyl (C=O) groups is 1. The van der Waals surface area contributed by atoms with E-state index in [0.29, 0.717) is 18.3 Å². The van der Waals surface area contributed by atoms with Crippen LogP contribution in [0, 0.1) is 13.8 Å². The summed E-state index contributed by atoms with van der Waals surface area (Å²) in [6, 6.07) is 8.91. The summed E-state index contributed by atoms with van der Waals surface area (Å²) in [5.74, 6) is 1.24. The average molecular weight is 481 g/mol. The molecular weight excluding hydrogens is 448 g/mol. The monoisotopic (exact) mass is 480 g/mol. The highest BCUT2D eigenvalue weighted by Gasteiger charge is 2.21. The molecule has 1 aliphatic carbocycles. The summed E-state index contributed by atoms with van der Waals surface area (Å²) in [4.78, 5) is 13.9. The number of thiophene rings is 1. The lowest BCUT2D eigenvalue weighted by atomic mass is 10.0. The summed E-state index contributed by atoms with van der Waals surface area (Å²) in [6.07, 6.45) is 9.01. The Balaban J connectivity index is 1.53. The van der Waals surface area contributed by atoms with Gasteiger partial charge in [0.05, 0.1) is 5.75 Å². The lowest BCUT2D eigenvalue weighted by molar-refractivity contribution is -0.119. The standard InChI is InChI=1S/C26H32N4OS2/c1-4-15-30-25(22-16-32-19(3)24(22)20-13-11-18(2)12-14-20)28-29-26(30)33-17-23(31)27-21-9-7-5-6-8-10-21/h4,11-14,16,21H,1,5-10,15,17H2,2-3H3,(H,27,31). The van der Waals surface area contributed by atoms with Crippen molar-refractivity contribution in [1.82, 2.24) is 20.1 Å². The molecule has 2 aromatic heterocycles. The number of aromatic nitrogens is 3. The smallest absolute Gasteiger partial charge is 0.230 e. The molecule has 7 heteroatoms. The van der Waals surface area contributed by atoms with Crippen LogP contribution in [0.15, 0.2) is 47.5 Å². The number of nitrogens with one attached hydrogen (secondary N) is 1. The van der Waals surface area contributed by atoms with Crippen LogP contribution in [0.25, 0.3) is 22.5 Å². The molecule has 0 aliphatic heterocycles. The number of amides is 1. The van der Waals surface area contributed by atoms with E-state index < -0.39 is 0 Å². The van der Waals surface area contributed by atoms with Gasteiger partial charge >= 0.3 is 0 Å². The Bertz CT molecular complexity index is 1090. The van der Waals surface area contributed by atoms with Crippen LogP contribution in [-0.2, 0) is 11.3 Å². The van der Waals surface area contributed by atoms with E-state index in [9.17, 15) is 4.79 Å². The Labute approximate surface area is 204 Å². The number of hydrogen-bond acceptors (Lipinski definition) is 5. The van der Waals surface area contributed by atoms with Gasteiger partial charge in [-0.25, -0.2) is 0 Å². The molecule has 0 spiro atoms. The molecule has 0 unspecified atom stereocenters. The first kappa shape index (κ1) is 23.8. The van der Waals surface area contributed by atoms with Crippen LogP contribution < -0.4 is 5.32 Å². The summed E-state index contributed by atoms with van der Waals surface area (Å²) in [5, 5.41) is 15.1. The Morgan fingerprint density at radius 2 is 1.91 bits per heavy atom. The second kappa shape index (κ2) is 11.2. The number of benzene rings is 1. The summed E-state index contributed by atoms with van der Waals surface area (Å²) in [6.45, 7) is 8.76. The topological polar surface area (TPSA) is 59.8 Å². The highest BCUT2D eigenvalue weighted by Crippen LogP contribution is 2.39. The van der Waals surface area contributed by atoms with E-state index in [1.807, 2.05) is 6.08 Å². The maximum absolute atomic E-state index is 12.6. The molecule has 5 nitrogen and oxygen atoms in total. The van der Waals surface area contributed by atoms with Gasteiger partial charge in [0.15, 0.2) is 11.0 Å². The highest BCUT2D eigenvalue weighted by atomic mass is 32.2. The molecule has 4 rings (SSSR count). The molecule has 0 saturated heterocycles. The van der Waals surface area contributed by atoms with Gasteiger partial charge in [-0.2, -0.15) is 0 Å². The Kier molecular flexibility index (Phi) is 8.04. The van der Waals surface area contributed by atoms with Gasteiger partial charge in [0.25, 0.3) is 0 Å². The second-order valence-corrected chi connectivity index (χ2v) is 10.7. The molecule has 33 heavy (non-hydrogen) atoms. The van der Waals surface area contributed by atoms with Crippen molar-refractivity contribution in [2.24, 2.45) is 0 Å². The van der Waals surface area contributed by atoms with Crippen molar-refractivity contribution in [2.75, 3.05) is 5.75 Å². The third-order valence-electron chi connectivity index (χ3n) is 6.14. The molecule has 3 aromatic rings. The Morgan fingerprint density at radius 1 is 1.18 bits per heavy atom. The van der Waals surface area contributed by atoms with Crippen LogP contribution in [0.5, 0.6) is 0 Å². The van der Waals surface area contributed by atoms with E-state index in [1.54, 1.807) is 11.3 Å². The first-order valence-corrected chi connectivity index (χ1v) is 13.5. The van der Waals surface area contributed by atoms with Gasteiger partial charge in [0.2, 0.25) is 5.91 Å². The zero-order valence-electron chi connectivity index (χ0n) is 19.5. The predicted molar refractivity (Wildman–Crippen MR) is 139 cm³/mol. The fraction of sp³-hybridized carbons (Fsp3) is 0.423. The maximum Gasteiger partial charge on any atom is 0.230 e. The van der Waals surface area contributed by atoms with Crippen molar-refractivity contribution in [2.45, 2.75) is 70.1 Å². The minimum Gasteiger partial charge on any atom is -0.353 e. The van der Waals surface area contributed by atoms with Gasteiger partial charge in [-0.15, -0.1) is 28.1 Å². The number of aryl methyl sites for hydroxylation is 2. The number of carbonyl (C=O) groups excluding carboxylic acids is 1. The van der Waals surface area contributed by atoms with E-state index in [4.69, 9.17) is 0 Å². The fourth-order valence-corrected chi connectivity index (χ4v) is 6.03. The quantitative estimate of drug-likeness (QED) is 0.230. The summed E-state index contributed by atoms with van der Waals surface area (Å²) in [5.41, 5.74) is 4.69. The summed E-state index contributed by atoms with van der Waals surface area (Å²) < 4.78 is 2.07. The molecule has 0 radical (unpaired) electrons. The van der Waals surface area contributed by atoms with Gasteiger partial charge in [-0.1, -0.05) is 73.4 Å². The van der Waals surface area contributed by atoms with E-state index in [2.05, 4.69) is 70.2 Å². The predicted octanol–water partition coefficient (Wildman–Crippen LogP) is 6.41. The molecule has 1 fully saturated rings. The average Bonchev–Trinajstić information content (AvgIpc) is 3.27.